The Morgan fingerprint density at radius 2 is 1.89 bits per heavy atom. The fourth-order valence-corrected chi connectivity index (χ4v) is 2.07. The molecule has 0 heterocycles. The minimum atomic E-state index is -0.872. The topological polar surface area (TPSA) is 57.6 Å². The summed E-state index contributed by atoms with van der Waals surface area (Å²) in [6.45, 7) is 2.07. The first kappa shape index (κ1) is 12.6. The zero-order chi connectivity index (χ0) is 13.3. The van der Waals surface area contributed by atoms with Crippen molar-refractivity contribution in [2.24, 2.45) is 11.8 Å². The number of hydrogen-bond acceptors (Lipinski definition) is 2. The van der Waals surface area contributed by atoms with Gasteiger partial charge in [-0.05, 0) is 30.5 Å². The van der Waals surface area contributed by atoms with Crippen molar-refractivity contribution in [3.05, 3.63) is 29.8 Å². The van der Waals surface area contributed by atoms with Crippen LogP contribution in [0, 0.1) is 11.8 Å². The smallest absolute Gasteiger partial charge is 0.307 e. The van der Waals surface area contributed by atoms with E-state index in [0.29, 0.717) is 6.42 Å². The van der Waals surface area contributed by atoms with E-state index in [2.05, 4.69) is 6.92 Å². The Balaban J connectivity index is 2.04. The van der Waals surface area contributed by atoms with Gasteiger partial charge in [0, 0.05) is 12.7 Å². The van der Waals surface area contributed by atoms with Crippen LogP contribution in [0.4, 0.5) is 5.69 Å². The van der Waals surface area contributed by atoms with Crippen molar-refractivity contribution in [2.45, 2.75) is 19.8 Å². The number of carboxylic acids is 1. The Bertz CT molecular complexity index is 466. The molecule has 1 N–H and O–H groups in total. The van der Waals surface area contributed by atoms with Gasteiger partial charge in [-0.2, -0.15) is 0 Å². The Kier molecular flexibility index (Phi) is 3.36. The molecule has 4 nitrogen and oxygen atoms in total. The van der Waals surface area contributed by atoms with Crippen molar-refractivity contribution in [2.75, 3.05) is 11.9 Å². The molecule has 0 bridgehead atoms. The molecule has 1 aromatic carbocycles. The predicted molar refractivity (Wildman–Crippen MR) is 68.5 cm³/mol. The average molecular weight is 247 g/mol. The molecule has 0 aliphatic heterocycles. The summed E-state index contributed by atoms with van der Waals surface area (Å²) in [4.78, 5) is 24.3. The lowest BCUT2D eigenvalue weighted by Crippen LogP contribution is -2.28. The van der Waals surface area contributed by atoms with Crippen LogP contribution in [0.2, 0.25) is 0 Å². The minimum absolute atomic E-state index is 0.105. The Morgan fingerprint density at radius 1 is 1.28 bits per heavy atom. The molecule has 2 atom stereocenters. The van der Waals surface area contributed by atoms with E-state index in [-0.39, 0.29) is 11.8 Å². The summed E-state index contributed by atoms with van der Waals surface area (Å²) in [7, 11) is 1.69. The van der Waals surface area contributed by atoms with Crippen LogP contribution in [0.1, 0.15) is 18.9 Å². The predicted octanol–water partition coefficient (Wildman–Crippen LogP) is 1.93. The summed E-state index contributed by atoms with van der Waals surface area (Å²) >= 11 is 0. The number of carbonyl (C=O) groups is 2. The molecule has 96 valence electrons. The van der Waals surface area contributed by atoms with Crippen LogP contribution in [-0.4, -0.2) is 24.0 Å². The minimum Gasteiger partial charge on any atom is -0.481 e. The molecule has 1 aliphatic rings. The lowest BCUT2D eigenvalue weighted by molar-refractivity contribution is -0.139. The van der Waals surface area contributed by atoms with E-state index in [1.54, 1.807) is 11.9 Å². The van der Waals surface area contributed by atoms with Gasteiger partial charge in [0.25, 0.3) is 0 Å². The van der Waals surface area contributed by atoms with Crippen LogP contribution in [0.25, 0.3) is 0 Å². The molecule has 18 heavy (non-hydrogen) atoms. The van der Waals surface area contributed by atoms with Crippen LogP contribution >= 0.6 is 0 Å². The maximum atomic E-state index is 12.0. The van der Waals surface area contributed by atoms with Crippen molar-refractivity contribution < 1.29 is 14.7 Å². The number of nitrogens with zero attached hydrogens (tertiary/aromatic N) is 1. The van der Waals surface area contributed by atoms with Crippen molar-refractivity contribution in [3.63, 3.8) is 0 Å². The van der Waals surface area contributed by atoms with E-state index < -0.39 is 11.9 Å². The summed E-state index contributed by atoms with van der Waals surface area (Å²) in [6.07, 6.45) is 1.42. The standard InChI is InChI=1S/C14H17NO3/c1-3-9-4-6-10(7-5-9)15(2)13(16)11-8-12(11)14(17)18/h4-7,11-12H,3,8H2,1-2H3,(H,17,18). The Labute approximate surface area is 106 Å². The maximum Gasteiger partial charge on any atom is 0.307 e. The monoisotopic (exact) mass is 247 g/mol. The van der Waals surface area contributed by atoms with Gasteiger partial charge >= 0.3 is 5.97 Å². The number of aryl methyl sites for hydroxylation is 1. The van der Waals surface area contributed by atoms with E-state index in [1.165, 1.54) is 5.56 Å². The van der Waals surface area contributed by atoms with Crippen molar-refractivity contribution >= 4 is 17.6 Å². The van der Waals surface area contributed by atoms with Crippen LogP contribution in [-0.2, 0) is 16.0 Å². The number of anilines is 1. The van der Waals surface area contributed by atoms with Gasteiger partial charge in [-0.15, -0.1) is 0 Å². The molecular formula is C14H17NO3. The van der Waals surface area contributed by atoms with Crippen LogP contribution in [0.15, 0.2) is 24.3 Å². The highest BCUT2D eigenvalue weighted by molar-refractivity contribution is 5.99. The van der Waals surface area contributed by atoms with Crippen molar-refractivity contribution in [3.8, 4) is 0 Å². The summed E-state index contributed by atoms with van der Waals surface area (Å²) in [5.74, 6) is -1.82. The maximum absolute atomic E-state index is 12.0. The van der Waals surface area contributed by atoms with Crippen LogP contribution in [0.5, 0.6) is 0 Å². The van der Waals surface area contributed by atoms with Gasteiger partial charge in [0.15, 0.2) is 0 Å². The van der Waals surface area contributed by atoms with Crippen LogP contribution < -0.4 is 4.90 Å². The second-order valence-electron chi connectivity index (χ2n) is 4.70. The first-order valence-electron chi connectivity index (χ1n) is 6.14. The molecule has 0 spiro atoms. The molecule has 0 aromatic heterocycles. The highest BCUT2D eigenvalue weighted by atomic mass is 16.4. The quantitative estimate of drug-likeness (QED) is 0.884. The zero-order valence-electron chi connectivity index (χ0n) is 10.6. The second-order valence-corrected chi connectivity index (χ2v) is 4.70. The van der Waals surface area contributed by atoms with Gasteiger partial charge in [0.2, 0.25) is 5.91 Å². The summed E-state index contributed by atoms with van der Waals surface area (Å²) in [6, 6.07) is 7.77. The van der Waals surface area contributed by atoms with Crippen LogP contribution in [0.3, 0.4) is 0 Å². The number of hydrogen-bond donors (Lipinski definition) is 1. The number of rotatable bonds is 4. The Hall–Kier alpha value is -1.84. The fraction of sp³-hybridized carbons (Fsp3) is 0.429. The molecule has 1 fully saturated rings. The lowest BCUT2D eigenvalue weighted by Gasteiger charge is -2.17. The molecule has 0 radical (unpaired) electrons. The number of benzene rings is 1. The molecule has 1 aromatic rings. The van der Waals surface area contributed by atoms with Gasteiger partial charge in [-0.3, -0.25) is 9.59 Å². The van der Waals surface area contributed by atoms with E-state index >= 15 is 0 Å². The highest BCUT2D eigenvalue weighted by Gasteiger charge is 2.49. The van der Waals surface area contributed by atoms with E-state index in [4.69, 9.17) is 5.11 Å². The van der Waals surface area contributed by atoms with Crippen molar-refractivity contribution in [1.29, 1.82) is 0 Å². The molecule has 1 saturated carbocycles. The fourth-order valence-electron chi connectivity index (χ4n) is 2.07. The summed E-state index contributed by atoms with van der Waals surface area (Å²) in [5.41, 5.74) is 2.03. The third-order valence-corrected chi connectivity index (χ3v) is 3.49. The average Bonchev–Trinajstić information content (AvgIpc) is 3.17. The first-order valence-corrected chi connectivity index (χ1v) is 6.14. The molecule has 4 heteroatoms. The molecule has 2 rings (SSSR count). The normalized spacial score (nSPS) is 21.4. The van der Waals surface area contributed by atoms with Gasteiger partial charge < -0.3 is 10.0 Å². The Morgan fingerprint density at radius 3 is 2.33 bits per heavy atom. The first-order chi connectivity index (χ1) is 8.54. The number of amides is 1. The summed E-state index contributed by atoms with van der Waals surface area (Å²) in [5, 5.41) is 8.82. The molecule has 1 amide bonds. The van der Waals surface area contributed by atoms with Gasteiger partial charge in [-0.1, -0.05) is 19.1 Å². The molecule has 1 aliphatic carbocycles. The number of carboxylic acid groups (broad SMARTS) is 1. The number of carbonyl (C=O) groups excluding carboxylic acids is 1. The van der Waals surface area contributed by atoms with Gasteiger partial charge in [-0.25, -0.2) is 0 Å². The third-order valence-electron chi connectivity index (χ3n) is 3.49. The SMILES string of the molecule is CCc1ccc(N(C)C(=O)C2CC2C(=O)O)cc1. The lowest BCUT2D eigenvalue weighted by atomic mass is 10.1. The van der Waals surface area contributed by atoms with Crippen molar-refractivity contribution in [1.82, 2.24) is 0 Å². The van der Waals surface area contributed by atoms with Gasteiger partial charge in [0.05, 0.1) is 11.8 Å². The highest BCUT2D eigenvalue weighted by Crippen LogP contribution is 2.40. The molecular weight excluding hydrogens is 230 g/mol. The molecule has 2 unspecified atom stereocenters. The largest absolute Gasteiger partial charge is 0.481 e. The number of aliphatic carboxylic acids is 1. The molecule has 0 saturated heterocycles. The van der Waals surface area contributed by atoms with E-state index in [0.717, 1.165) is 12.1 Å². The van der Waals surface area contributed by atoms with E-state index in [9.17, 15) is 9.59 Å². The second kappa shape index (κ2) is 4.80. The van der Waals surface area contributed by atoms with E-state index in [1.807, 2.05) is 24.3 Å². The zero-order valence-corrected chi connectivity index (χ0v) is 10.6. The third kappa shape index (κ3) is 2.37. The van der Waals surface area contributed by atoms with Gasteiger partial charge in [0.1, 0.15) is 0 Å². The summed E-state index contributed by atoms with van der Waals surface area (Å²) < 4.78 is 0.